The van der Waals surface area contributed by atoms with Gasteiger partial charge >= 0.3 is 0 Å². The molecule has 1 unspecified atom stereocenters. The number of pyridine rings is 1. The van der Waals surface area contributed by atoms with Crippen LogP contribution in [-0.4, -0.2) is 41.8 Å². The van der Waals surface area contributed by atoms with E-state index in [9.17, 15) is 13.2 Å². The topological polar surface area (TPSA) is 70.2 Å². The van der Waals surface area contributed by atoms with Gasteiger partial charge in [0, 0.05) is 30.3 Å². The summed E-state index contributed by atoms with van der Waals surface area (Å²) in [7, 11) is -3.57. The lowest BCUT2D eigenvalue weighted by atomic mass is 10.4. The van der Waals surface area contributed by atoms with Crippen LogP contribution in [0.1, 0.15) is 6.92 Å². The Kier molecular flexibility index (Phi) is 4.05. The SMILES string of the molecule is CC1CN(S(=O)(=O)c2c[nH]c(=O)c(Cl)c2)CCS1. The molecule has 0 amide bonds. The summed E-state index contributed by atoms with van der Waals surface area (Å²) < 4.78 is 26.1. The first-order chi connectivity index (χ1) is 8.41. The fraction of sp³-hybridized carbons (Fsp3) is 0.500. The Morgan fingerprint density at radius 3 is 2.89 bits per heavy atom. The molecule has 100 valence electrons. The summed E-state index contributed by atoms with van der Waals surface area (Å²) in [5, 5.41) is 0.155. The molecule has 18 heavy (non-hydrogen) atoms. The van der Waals surface area contributed by atoms with E-state index in [1.165, 1.54) is 16.6 Å². The van der Waals surface area contributed by atoms with E-state index in [0.717, 1.165) is 5.75 Å². The van der Waals surface area contributed by atoms with Gasteiger partial charge in [-0.1, -0.05) is 18.5 Å². The maximum absolute atomic E-state index is 12.3. The number of aromatic nitrogens is 1. The molecule has 1 atom stereocenters. The van der Waals surface area contributed by atoms with Gasteiger partial charge in [-0.15, -0.1) is 0 Å². The van der Waals surface area contributed by atoms with Crippen LogP contribution in [-0.2, 0) is 10.0 Å². The largest absolute Gasteiger partial charge is 0.326 e. The Morgan fingerprint density at radius 1 is 1.56 bits per heavy atom. The molecule has 1 N–H and O–H groups in total. The Bertz CT molecular complexity index is 599. The van der Waals surface area contributed by atoms with Crippen molar-refractivity contribution in [3.8, 4) is 0 Å². The van der Waals surface area contributed by atoms with E-state index in [0.29, 0.717) is 13.1 Å². The van der Waals surface area contributed by atoms with Gasteiger partial charge in [0.25, 0.3) is 5.56 Å². The fourth-order valence-electron chi connectivity index (χ4n) is 1.74. The molecule has 2 rings (SSSR count). The molecule has 1 aliphatic rings. The van der Waals surface area contributed by atoms with E-state index in [1.807, 2.05) is 6.92 Å². The third-order valence-corrected chi connectivity index (χ3v) is 5.93. The van der Waals surface area contributed by atoms with E-state index in [1.54, 1.807) is 11.8 Å². The van der Waals surface area contributed by atoms with E-state index < -0.39 is 15.6 Å². The maximum Gasteiger partial charge on any atom is 0.266 e. The van der Waals surface area contributed by atoms with E-state index in [4.69, 9.17) is 11.6 Å². The number of H-pyrrole nitrogens is 1. The van der Waals surface area contributed by atoms with Gasteiger partial charge in [0.05, 0.1) is 4.90 Å². The zero-order valence-electron chi connectivity index (χ0n) is 9.72. The van der Waals surface area contributed by atoms with Crippen LogP contribution in [0.2, 0.25) is 5.02 Å². The van der Waals surface area contributed by atoms with Crippen molar-refractivity contribution >= 4 is 33.4 Å². The average molecular weight is 309 g/mol. The lowest BCUT2D eigenvalue weighted by Gasteiger charge is -2.29. The van der Waals surface area contributed by atoms with E-state index in [-0.39, 0.29) is 15.2 Å². The zero-order valence-corrected chi connectivity index (χ0v) is 12.1. The van der Waals surface area contributed by atoms with Crippen molar-refractivity contribution in [2.45, 2.75) is 17.1 Å². The van der Waals surface area contributed by atoms with Crippen molar-refractivity contribution in [1.29, 1.82) is 0 Å². The van der Waals surface area contributed by atoms with Gasteiger partial charge in [-0.3, -0.25) is 4.79 Å². The first-order valence-electron chi connectivity index (χ1n) is 5.41. The average Bonchev–Trinajstić information content (AvgIpc) is 2.32. The zero-order chi connectivity index (χ0) is 13.3. The first kappa shape index (κ1) is 13.9. The Labute approximate surface area is 115 Å². The minimum atomic E-state index is -3.57. The Morgan fingerprint density at radius 2 is 2.28 bits per heavy atom. The molecule has 8 heteroatoms. The Hall–Kier alpha value is -0.500. The van der Waals surface area contributed by atoms with Crippen LogP contribution in [0.3, 0.4) is 0 Å². The summed E-state index contributed by atoms with van der Waals surface area (Å²) in [4.78, 5) is 13.5. The molecular weight excluding hydrogens is 296 g/mol. The van der Waals surface area contributed by atoms with Gasteiger partial charge in [0.15, 0.2) is 0 Å². The van der Waals surface area contributed by atoms with Crippen LogP contribution >= 0.6 is 23.4 Å². The molecule has 0 bridgehead atoms. The summed E-state index contributed by atoms with van der Waals surface area (Å²) in [5.41, 5.74) is -0.488. The van der Waals surface area contributed by atoms with Gasteiger partial charge in [0.2, 0.25) is 10.0 Å². The third kappa shape index (κ3) is 2.74. The van der Waals surface area contributed by atoms with Crippen molar-refractivity contribution in [1.82, 2.24) is 9.29 Å². The number of nitrogens with one attached hydrogen (secondary N) is 1. The molecule has 0 spiro atoms. The summed E-state index contributed by atoms with van der Waals surface area (Å²) in [6.07, 6.45) is 1.19. The Balaban J connectivity index is 2.35. The second-order valence-corrected chi connectivity index (χ2v) is 7.95. The molecule has 1 aromatic rings. The lowest BCUT2D eigenvalue weighted by Crippen LogP contribution is -2.41. The molecule has 1 aliphatic heterocycles. The third-order valence-electron chi connectivity index (χ3n) is 2.67. The van der Waals surface area contributed by atoms with Crippen LogP contribution in [0.4, 0.5) is 0 Å². The monoisotopic (exact) mass is 308 g/mol. The number of nitrogens with zero attached hydrogens (tertiary/aromatic N) is 1. The van der Waals surface area contributed by atoms with E-state index in [2.05, 4.69) is 4.98 Å². The van der Waals surface area contributed by atoms with Gasteiger partial charge in [-0.25, -0.2) is 8.42 Å². The normalized spacial score (nSPS) is 22.0. The predicted molar refractivity (Wildman–Crippen MR) is 72.8 cm³/mol. The van der Waals surface area contributed by atoms with Crippen LogP contribution < -0.4 is 5.56 Å². The summed E-state index contributed by atoms with van der Waals surface area (Å²) in [6.45, 7) is 2.95. The molecule has 1 aromatic heterocycles. The number of hydrogen-bond acceptors (Lipinski definition) is 4. The van der Waals surface area contributed by atoms with Crippen molar-refractivity contribution < 1.29 is 8.42 Å². The summed E-state index contributed by atoms with van der Waals surface area (Å²) in [6, 6.07) is 1.20. The highest BCUT2D eigenvalue weighted by molar-refractivity contribution is 8.00. The number of sulfonamides is 1. The smallest absolute Gasteiger partial charge is 0.266 e. The lowest BCUT2D eigenvalue weighted by molar-refractivity contribution is 0.424. The van der Waals surface area contributed by atoms with Crippen LogP contribution in [0, 0.1) is 0 Å². The molecule has 0 radical (unpaired) electrons. The minimum absolute atomic E-state index is 0.0335. The van der Waals surface area contributed by atoms with Crippen LogP contribution in [0.5, 0.6) is 0 Å². The molecule has 1 saturated heterocycles. The number of hydrogen-bond donors (Lipinski definition) is 1. The molecule has 0 saturated carbocycles. The quantitative estimate of drug-likeness (QED) is 0.890. The van der Waals surface area contributed by atoms with Gasteiger partial charge in [-0.2, -0.15) is 16.1 Å². The van der Waals surface area contributed by atoms with Gasteiger partial charge in [0.1, 0.15) is 5.02 Å². The maximum atomic E-state index is 12.3. The second-order valence-electron chi connectivity index (χ2n) is 4.06. The number of aromatic amines is 1. The molecule has 1 fully saturated rings. The second kappa shape index (κ2) is 5.24. The van der Waals surface area contributed by atoms with Gasteiger partial charge in [-0.05, 0) is 6.07 Å². The number of halogens is 1. The molecule has 0 aliphatic carbocycles. The molecule has 2 heterocycles. The fourth-order valence-corrected chi connectivity index (χ4v) is 4.73. The molecule has 5 nitrogen and oxygen atoms in total. The number of rotatable bonds is 2. The minimum Gasteiger partial charge on any atom is -0.326 e. The van der Waals surface area contributed by atoms with Crippen molar-refractivity contribution in [3.05, 3.63) is 27.6 Å². The van der Waals surface area contributed by atoms with Crippen LogP contribution in [0.25, 0.3) is 0 Å². The number of thioether (sulfide) groups is 1. The summed E-state index contributed by atoms with van der Waals surface area (Å²) in [5.74, 6) is 0.775. The standard InChI is InChI=1S/C10H13ClN2O3S2/c1-7-6-13(2-3-17-7)18(15,16)8-4-9(11)10(14)12-5-8/h4-5,7H,2-3,6H2,1H3,(H,12,14). The summed E-state index contributed by atoms with van der Waals surface area (Å²) >= 11 is 7.41. The predicted octanol–water partition coefficient (Wildman–Crippen LogP) is 1.15. The van der Waals surface area contributed by atoms with Crippen molar-refractivity contribution in [2.75, 3.05) is 18.8 Å². The molecular formula is C10H13ClN2O3S2. The highest BCUT2D eigenvalue weighted by atomic mass is 35.5. The van der Waals surface area contributed by atoms with Gasteiger partial charge < -0.3 is 4.98 Å². The highest BCUT2D eigenvalue weighted by Crippen LogP contribution is 2.24. The van der Waals surface area contributed by atoms with E-state index >= 15 is 0 Å². The highest BCUT2D eigenvalue weighted by Gasteiger charge is 2.29. The van der Waals surface area contributed by atoms with Crippen molar-refractivity contribution in [3.63, 3.8) is 0 Å². The van der Waals surface area contributed by atoms with Crippen LogP contribution in [0.15, 0.2) is 22.0 Å². The molecule has 0 aromatic carbocycles. The first-order valence-corrected chi connectivity index (χ1v) is 8.28. The van der Waals surface area contributed by atoms with Crippen molar-refractivity contribution in [2.24, 2.45) is 0 Å².